The number of hydrogen-bond donors (Lipinski definition) is 3. The van der Waals surface area contributed by atoms with Crippen LogP contribution in [0.5, 0.6) is 5.75 Å². The van der Waals surface area contributed by atoms with Crippen molar-refractivity contribution in [1.29, 1.82) is 5.26 Å². The fraction of sp³-hybridized carbons (Fsp3) is 0.520. The van der Waals surface area contributed by atoms with Crippen LogP contribution in [0.15, 0.2) is 24.3 Å². The molecule has 9 nitrogen and oxygen atoms in total. The van der Waals surface area contributed by atoms with Crippen LogP contribution < -0.4 is 15.4 Å². The number of rotatable bonds is 8. The lowest BCUT2D eigenvalue weighted by Gasteiger charge is -2.24. The summed E-state index contributed by atoms with van der Waals surface area (Å²) in [6.45, 7) is 3.28. The Morgan fingerprint density at radius 1 is 1.38 bits per heavy atom. The number of amides is 3. The van der Waals surface area contributed by atoms with Crippen molar-refractivity contribution in [3.63, 3.8) is 0 Å². The van der Waals surface area contributed by atoms with Crippen LogP contribution in [-0.2, 0) is 9.59 Å². The van der Waals surface area contributed by atoms with Crippen molar-refractivity contribution in [1.82, 2.24) is 20.5 Å². The first-order chi connectivity index (χ1) is 16.4. The predicted molar refractivity (Wildman–Crippen MR) is 126 cm³/mol. The number of likely N-dealkylation sites (tertiary alicyclic amines) is 1. The maximum atomic E-state index is 13.4. The molecule has 4 rings (SSSR count). The van der Waals surface area contributed by atoms with E-state index < -0.39 is 6.04 Å². The third kappa shape index (κ3) is 4.86. The first-order valence-electron chi connectivity index (χ1n) is 11.9. The smallest absolute Gasteiger partial charge is 0.270 e. The molecular weight excluding hydrogens is 434 g/mol. The number of carbonyl (C=O) groups excluding carboxylic acids is 3. The van der Waals surface area contributed by atoms with Crippen LogP contribution >= 0.6 is 0 Å². The van der Waals surface area contributed by atoms with Gasteiger partial charge in [0.15, 0.2) is 0 Å². The molecule has 2 aliphatic heterocycles. The van der Waals surface area contributed by atoms with E-state index in [0.29, 0.717) is 43.3 Å². The average Bonchev–Trinajstić information content (AvgIpc) is 3.56. The van der Waals surface area contributed by atoms with Gasteiger partial charge in [-0.25, -0.2) is 0 Å². The summed E-state index contributed by atoms with van der Waals surface area (Å²) in [6.07, 6.45) is 2.75. The minimum atomic E-state index is -0.727. The highest BCUT2D eigenvalue weighted by molar-refractivity contribution is 6.00. The average molecular weight is 466 g/mol. The number of nitrogens with zero attached hydrogens (tertiary/aromatic N) is 2. The maximum absolute atomic E-state index is 13.4. The largest absolute Gasteiger partial charge is 0.496 e. The van der Waals surface area contributed by atoms with Crippen molar-refractivity contribution in [3.05, 3.63) is 30.0 Å². The second kappa shape index (κ2) is 10.2. The van der Waals surface area contributed by atoms with Crippen LogP contribution in [0.3, 0.4) is 0 Å². The molecule has 1 aromatic carbocycles. The monoisotopic (exact) mass is 465 g/mol. The number of aromatic nitrogens is 1. The van der Waals surface area contributed by atoms with E-state index in [9.17, 15) is 19.6 Å². The number of benzene rings is 1. The highest BCUT2D eigenvalue weighted by atomic mass is 16.5. The van der Waals surface area contributed by atoms with Gasteiger partial charge in [0, 0.05) is 42.4 Å². The molecule has 0 saturated carbocycles. The Bertz CT molecular complexity index is 1120. The molecular formula is C25H31N5O4. The van der Waals surface area contributed by atoms with Gasteiger partial charge in [-0.3, -0.25) is 14.4 Å². The summed E-state index contributed by atoms with van der Waals surface area (Å²) in [5.74, 6) is 0.264. The lowest BCUT2D eigenvalue weighted by Crippen LogP contribution is -2.42. The molecule has 34 heavy (non-hydrogen) atoms. The zero-order chi connectivity index (χ0) is 24.2. The van der Waals surface area contributed by atoms with Crippen LogP contribution in [0, 0.1) is 23.2 Å². The number of methoxy groups -OCH3 is 1. The van der Waals surface area contributed by atoms with Gasteiger partial charge in [-0.05, 0) is 43.4 Å². The van der Waals surface area contributed by atoms with Crippen molar-refractivity contribution >= 4 is 28.6 Å². The summed E-state index contributed by atoms with van der Waals surface area (Å²) < 4.78 is 5.41. The van der Waals surface area contributed by atoms with E-state index in [-0.39, 0.29) is 36.1 Å². The summed E-state index contributed by atoms with van der Waals surface area (Å²) in [4.78, 5) is 43.1. The van der Waals surface area contributed by atoms with Crippen LogP contribution in [0.2, 0.25) is 0 Å². The number of hydrogen-bond acceptors (Lipinski definition) is 5. The van der Waals surface area contributed by atoms with E-state index >= 15 is 0 Å². The molecule has 0 aliphatic carbocycles. The number of ether oxygens (including phenoxy) is 1. The van der Waals surface area contributed by atoms with Gasteiger partial charge in [-0.15, -0.1) is 0 Å². The molecule has 1 aromatic heterocycles. The molecule has 0 radical (unpaired) electrons. The van der Waals surface area contributed by atoms with E-state index in [1.807, 2.05) is 18.2 Å². The Kier molecular flexibility index (Phi) is 7.06. The van der Waals surface area contributed by atoms with E-state index in [1.165, 1.54) is 0 Å². The van der Waals surface area contributed by atoms with Gasteiger partial charge in [0.1, 0.15) is 17.5 Å². The second-order valence-electron chi connectivity index (χ2n) is 9.19. The Labute approximate surface area is 198 Å². The summed E-state index contributed by atoms with van der Waals surface area (Å²) >= 11 is 0. The zero-order valence-corrected chi connectivity index (χ0v) is 19.6. The molecule has 2 saturated heterocycles. The summed E-state index contributed by atoms with van der Waals surface area (Å²) in [5.41, 5.74) is 1.28. The summed E-state index contributed by atoms with van der Waals surface area (Å²) in [6, 6.07) is 8.53. The first-order valence-corrected chi connectivity index (χ1v) is 11.9. The minimum Gasteiger partial charge on any atom is -0.496 e. The molecule has 0 unspecified atom stereocenters. The van der Waals surface area contributed by atoms with Crippen LogP contribution in [0.1, 0.15) is 49.5 Å². The highest BCUT2D eigenvalue weighted by Gasteiger charge is 2.37. The third-order valence-electron chi connectivity index (χ3n) is 7.01. The molecule has 0 spiro atoms. The third-order valence-corrected chi connectivity index (χ3v) is 7.01. The van der Waals surface area contributed by atoms with Crippen LogP contribution in [-0.4, -0.2) is 59.9 Å². The number of H-pyrrole nitrogens is 1. The topological polar surface area (TPSA) is 127 Å². The number of fused-ring (bicyclic) bond motifs is 1. The fourth-order valence-electron chi connectivity index (χ4n) is 5.09. The molecule has 3 heterocycles. The van der Waals surface area contributed by atoms with Crippen LogP contribution in [0.25, 0.3) is 10.9 Å². The molecule has 3 N–H and O–H groups in total. The molecule has 4 atom stereocenters. The normalized spacial score (nSPS) is 22.9. The second-order valence-corrected chi connectivity index (χ2v) is 9.19. The van der Waals surface area contributed by atoms with Gasteiger partial charge in [0.25, 0.3) is 5.91 Å². The summed E-state index contributed by atoms with van der Waals surface area (Å²) in [7, 11) is 1.60. The molecule has 2 aromatic rings. The summed E-state index contributed by atoms with van der Waals surface area (Å²) in [5, 5.41) is 15.8. The van der Waals surface area contributed by atoms with Crippen molar-refractivity contribution in [2.45, 2.75) is 51.1 Å². The lowest BCUT2D eigenvalue weighted by molar-refractivity contribution is -0.124. The number of aromatic amines is 1. The number of nitrogens with one attached hydrogen (secondary N) is 3. The Balaban J connectivity index is 1.45. The lowest BCUT2D eigenvalue weighted by atomic mass is 9.98. The van der Waals surface area contributed by atoms with Gasteiger partial charge < -0.3 is 25.3 Å². The molecule has 2 aliphatic rings. The van der Waals surface area contributed by atoms with Gasteiger partial charge in [0.05, 0.1) is 13.2 Å². The predicted octanol–water partition coefficient (Wildman–Crippen LogP) is 2.34. The van der Waals surface area contributed by atoms with Crippen molar-refractivity contribution in [2.75, 3.05) is 20.2 Å². The van der Waals surface area contributed by atoms with E-state index in [2.05, 4.69) is 28.6 Å². The van der Waals surface area contributed by atoms with Gasteiger partial charge >= 0.3 is 0 Å². The highest BCUT2D eigenvalue weighted by Crippen LogP contribution is 2.31. The Hall–Kier alpha value is -3.54. The van der Waals surface area contributed by atoms with Crippen molar-refractivity contribution < 1.29 is 19.1 Å². The molecule has 0 bridgehead atoms. The molecule has 9 heteroatoms. The van der Waals surface area contributed by atoms with Crippen molar-refractivity contribution in [3.8, 4) is 11.8 Å². The number of nitriles is 1. The minimum absolute atomic E-state index is 0.0668. The molecule has 180 valence electrons. The SMILES string of the molecule is CC[C@@H]1C[C@@H](CC(=O)N[C@H](C#N)C[C@@H]2CCNC2=O)N(C(=O)c2cc3c(OC)cccc3[nH]2)C1. The van der Waals surface area contributed by atoms with E-state index in [0.717, 1.165) is 23.7 Å². The van der Waals surface area contributed by atoms with Crippen LogP contribution in [0.4, 0.5) is 0 Å². The molecule has 3 amide bonds. The quantitative estimate of drug-likeness (QED) is 0.551. The zero-order valence-electron chi connectivity index (χ0n) is 19.6. The maximum Gasteiger partial charge on any atom is 0.270 e. The van der Waals surface area contributed by atoms with Crippen molar-refractivity contribution in [2.24, 2.45) is 11.8 Å². The van der Waals surface area contributed by atoms with Gasteiger partial charge in [-0.2, -0.15) is 5.26 Å². The van der Waals surface area contributed by atoms with Gasteiger partial charge in [0.2, 0.25) is 11.8 Å². The molecule has 2 fully saturated rings. The standard InChI is InChI=1S/C25H31N5O4/c1-3-15-9-18(11-23(31)28-17(13-26)10-16-7-8-27-24(16)32)30(14-15)25(33)21-12-19-20(29-21)5-4-6-22(19)34-2/h4-6,12,15-18,29H,3,7-11,14H2,1-2H3,(H,27,32)(H,28,31)/t15-,16+,17+,18+/m1/s1. The van der Waals surface area contributed by atoms with E-state index in [4.69, 9.17) is 4.74 Å². The Morgan fingerprint density at radius 2 is 2.21 bits per heavy atom. The van der Waals surface area contributed by atoms with Gasteiger partial charge in [-0.1, -0.05) is 19.4 Å². The first kappa shape index (κ1) is 23.6. The van der Waals surface area contributed by atoms with E-state index in [1.54, 1.807) is 18.1 Å². The number of carbonyl (C=O) groups is 3. The fourth-order valence-corrected chi connectivity index (χ4v) is 5.09. The Morgan fingerprint density at radius 3 is 2.88 bits per heavy atom.